The summed E-state index contributed by atoms with van der Waals surface area (Å²) in [4.78, 5) is 13.3. The van der Waals surface area contributed by atoms with Crippen molar-refractivity contribution < 1.29 is 17.6 Å². The Bertz CT molecular complexity index is 863. The Morgan fingerprint density at radius 1 is 1.39 bits per heavy atom. The summed E-state index contributed by atoms with van der Waals surface area (Å²) in [5, 5.41) is 4.04. The van der Waals surface area contributed by atoms with E-state index in [0.29, 0.717) is 11.3 Å². The van der Waals surface area contributed by atoms with Gasteiger partial charge in [-0.05, 0) is 17.7 Å². The fourth-order valence-corrected chi connectivity index (χ4v) is 3.17. The summed E-state index contributed by atoms with van der Waals surface area (Å²) in [6.45, 7) is 0.405. The summed E-state index contributed by atoms with van der Waals surface area (Å²) in [5.41, 5.74) is 4.51. The van der Waals surface area contributed by atoms with Crippen LogP contribution in [0, 0.1) is 5.82 Å². The van der Waals surface area contributed by atoms with Crippen molar-refractivity contribution in [3.05, 3.63) is 53.1 Å². The highest BCUT2D eigenvalue weighted by Crippen LogP contribution is 2.23. The zero-order chi connectivity index (χ0) is 16.6. The summed E-state index contributed by atoms with van der Waals surface area (Å²) < 4.78 is 37.6. The number of hydrogen-bond donors (Lipinski definition) is 1. The quantitative estimate of drug-likeness (QED) is 0.885. The second-order valence-electron chi connectivity index (χ2n) is 5.40. The van der Waals surface area contributed by atoms with Crippen molar-refractivity contribution in [1.29, 1.82) is 0 Å². The number of nitrogens with one attached hydrogen (secondary N) is 1. The third kappa shape index (κ3) is 3.40. The van der Waals surface area contributed by atoms with E-state index >= 15 is 0 Å². The molecule has 1 aromatic heterocycles. The number of aromatic nitrogens is 2. The second-order valence-corrected chi connectivity index (χ2v) is 7.38. The predicted octanol–water partition coefficient (Wildman–Crippen LogP) is 0.610. The molecule has 122 valence electrons. The minimum absolute atomic E-state index is 0.00217. The maximum Gasteiger partial charge on any atom is 0.244 e. The molecule has 0 atom stereocenters. The van der Waals surface area contributed by atoms with E-state index in [1.54, 1.807) is 6.07 Å². The fraction of sp³-hybridized carbons (Fsp3) is 0.286. The SMILES string of the molecule is CS(=O)(=O)N1Cc2cnn(NC(=O)Cc3cccc(F)c3)c2C1. The Labute approximate surface area is 132 Å². The maximum atomic E-state index is 13.1. The standard InChI is InChI=1S/C14H15FN4O3S/c1-23(21,22)18-8-11-7-16-19(13(11)9-18)17-14(20)6-10-3-2-4-12(15)5-10/h2-5,7H,6,8-9H2,1H3,(H,17,20). The summed E-state index contributed by atoms with van der Waals surface area (Å²) in [7, 11) is -3.30. The molecule has 1 aliphatic rings. The van der Waals surface area contributed by atoms with Crippen molar-refractivity contribution >= 4 is 15.9 Å². The van der Waals surface area contributed by atoms with Crippen molar-refractivity contribution in [3.8, 4) is 0 Å². The molecule has 0 saturated carbocycles. The predicted molar refractivity (Wildman–Crippen MR) is 80.8 cm³/mol. The summed E-state index contributed by atoms with van der Waals surface area (Å²) >= 11 is 0. The maximum absolute atomic E-state index is 13.1. The molecular formula is C14H15FN4O3S. The van der Waals surface area contributed by atoms with Crippen molar-refractivity contribution in [2.24, 2.45) is 0 Å². The van der Waals surface area contributed by atoms with Crippen LogP contribution >= 0.6 is 0 Å². The van der Waals surface area contributed by atoms with Gasteiger partial charge >= 0.3 is 0 Å². The number of amides is 1. The lowest BCUT2D eigenvalue weighted by Crippen LogP contribution is -2.29. The largest absolute Gasteiger partial charge is 0.273 e. The Balaban J connectivity index is 1.70. The number of carbonyl (C=O) groups is 1. The highest BCUT2D eigenvalue weighted by molar-refractivity contribution is 7.88. The van der Waals surface area contributed by atoms with Gasteiger partial charge in [0.05, 0.1) is 31.1 Å². The minimum atomic E-state index is -3.30. The van der Waals surface area contributed by atoms with Crippen LogP contribution in [0.3, 0.4) is 0 Å². The molecule has 2 aromatic rings. The van der Waals surface area contributed by atoms with Gasteiger partial charge in [-0.3, -0.25) is 4.79 Å². The van der Waals surface area contributed by atoms with E-state index in [4.69, 9.17) is 0 Å². The molecule has 9 heteroatoms. The number of sulfonamides is 1. The van der Waals surface area contributed by atoms with Crippen LogP contribution < -0.4 is 5.43 Å². The fourth-order valence-electron chi connectivity index (χ4n) is 2.44. The second kappa shape index (κ2) is 5.74. The highest BCUT2D eigenvalue weighted by atomic mass is 32.2. The number of rotatable bonds is 4. The van der Waals surface area contributed by atoms with Crippen LogP contribution in [-0.4, -0.2) is 34.8 Å². The number of hydrogen-bond acceptors (Lipinski definition) is 4. The van der Waals surface area contributed by atoms with Crippen molar-refractivity contribution in [2.75, 3.05) is 11.7 Å². The molecule has 1 aromatic carbocycles. The van der Waals surface area contributed by atoms with E-state index in [0.717, 1.165) is 11.8 Å². The number of nitrogens with zero attached hydrogens (tertiary/aromatic N) is 3. The molecule has 0 spiro atoms. The zero-order valence-corrected chi connectivity index (χ0v) is 13.2. The number of fused-ring (bicyclic) bond motifs is 1. The molecule has 0 bridgehead atoms. The average Bonchev–Trinajstić information content (AvgIpc) is 3.00. The van der Waals surface area contributed by atoms with Gasteiger partial charge in [0.1, 0.15) is 5.82 Å². The average molecular weight is 338 g/mol. The van der Waals surface area contributed by atoms with Gasteiger partial charge in [-0.2, -0.15) is 14.2 Å². The lowest BCUT2D eigenvalue weighted by Gasteiger charge is -2.13. The Morgan fingerprint density at radius 3 is 2.87 bits per heavy atom. The molecular weight excluding hydrogens is 323 g/mol. The molecule has 1 aliphatic heterocycles. The van der Waals surface area contributed by atoms with Gasteiger partial charge in [0, 0.05) is 12.1 Å². The van der Waals surface area contributed by atoms with Gasteiger partial charge < -0.3 is 0 Å². The molecule has 1 amide bonds. The first-order valence-electron chi connectivity index (χ1n) is 6.88. The summed E-state index contributed by atoms with van der Waals surface area (Å²) in [6, 6.07) is 5.79. The van der Waals surface area contributed by atoms with Crippen molar-refractivity contribution in [1.82, 2.24) is 14.2 Å². The van der Waals surface area contributed by atoms with Crippen LogP contribution in [0.25, 0.3) is 0 Å². The Hall–Kier alpha value is -2.26. The number of carbonyl (C=O) groups excluding carboxylic acids is 1. The minimum Gasteiger partial charge on any atom is -0.273 e. The molecule has 0 aliphatic carbocycles. The number of halogens is 1. The topological polar surface area (TPSA) is 84.3 Å². The van der Waals surface area contributed by atoms with Gasteiger partial charge in [0.15, 0.2) is 0 Å². The summed E-state index contributed by atoms with van der Waals surface area (Å²) in [6.07, 6.45) is 2.67. The normalized spacial score (nSPS) is 14.7. The first-order valence-corrected chi connectivity index (χ1v) is 8.73. The molecule has 0 radical (unpaired) electrons. The van der Waals surface area contributed by atoms with E-state index in [-0.39, 0.29) is 25.4 Å². The zero-order valence-electron chi connectivity index (χ0n) is 12.4. The molecule has 2 heterocycles. The smallest absolute Gasteiger partial charge is 0.244 e. The first-order chi connectivity index (χ1) is 10.8. The lowest BCUT2D eigenvalue weighted by atomic mass is 10.1. The van der Waals surface area contributed by atoms with E-state index < -0.39 is 15.8 Å². The summed E-state index contributed by atoms with van der Waals surface area (Å²) in [5.74, 6) is -0.765. The van der Waals surface area contributed by atoms with E-state index in [9.17, 15) is 17.6 Å². The van der Waals surface area contributed by atoms with Gasteiger partial charge in [0.2, 0.25) is 15.9 Å². The van der Waals surface area contributed by atoms with E-state index in [2.05, 4.69) is 10.5 Å². The monoisotopic (exact) mass is 338 g/mol. The van der Waals surface area contributed by atoms with Crippen molar-refractivity contribution in [3.63, 3.8) is 0 Å². The molecule has 7 nitrogen and oxygen atoms in total. The third-order valence-corrected chi connectivity index (χ3v) is 4.78. The third-order valence-electron chi connectivity index (χ3n) is 3.58. The molecule has 23 heavy (non-hydrogen) atoms. The van der Waals surface area contributed by atoms with Gasteiger partial charge in [-0.1, -0.05) is 12.1 Å². The van der Waals surface area contributed by atoms with Crippen LogP contribution in [0.4, 0.5) is 4.39 Å². The Morgan fingerprint density at radius 2 is 2.17 bits per heavy atom. The molecule has 3 rings (SSSR count). The van der Waals surface area contributed by atoms with Gasteiger partial charge in [-0.25, -0.2) is 18.2 Å². The highest BCUT2D eigenvalue weighted by Gasteiger charge is 2.29. The molecule has 0 saturated heterocycles. The number of benzene rings is 1. The molecule has 0 fully saturated rings. The lowest BCUT2D eigenvalue weighted by molar-refractivity contribution is -0.116. The van der Waals surface area contributed by atoms with Crippen LogP contribution in [0.5, 0.6) is 0 Å². The molecule has 0 unspecified atom stereocenters. The molecule has 1 N–H and O–H groups in total. The van der Waals surface area contributed by atoms with E-state index in [1.165, 1.54) is 33.5 Å². The van der Waals surface area contributed by atoms with Crippen LogP contribution in [0.1, 0.15) is 16.8 Å². The van der Waals surface area contributed by atoms with Crippen LogP contribution in [-0.2, 0) is 34.3 Å². The Kier molecular flexibility index (Phi) is 3.90. The van der Waals surface area contributed by atoms with E-state index in [1.807, 2.05) is 0 Å². The van der Waals surface area contributed by atoms with Crippen LogP contribution in [0.15, 0.2) is 30.5 Å². The first kappa shape index (κ1) is 15.6. The van der Waals surface area contributed by atoms with Gasteiger partial charge in [-0.15, -0.1) is 0 Å². The van der Waals surface area contributed by atoms with Crippen LogP contribution in [0.2, 0.25) is 0 Å². The van der Waals surface area contributed by atoms with Gasteiger partial charge in [0.25, 0.3) is 0 Å². The van der Waals surface area contributed by atoms with Crippen molar-refractivity contribution in [2.45, 2.75) is 19.5 Å².